The summed E-state index contributed by atoms with van der Waals surface area (Å²) in [5.74, 6) is -0.121. The molecule has 27 heavy (non-hydrogen) atoms. The second-order valence-corrected chi connectivity index (χ2v) is 7.81. The standard InChI is InChI=1S/C22H23FN2O2/c1-16-4-2-3-5-19(16)25-15-22(13-21(25)27)10-11-24(14-22)20(26)12-17-6-8-18(23)9-7-17/h2-9H,10-15H2,1H3/t22-/m1/s1. The summed E-state index contributed by atoms with van der Waals surface area (Å²) in [5.41, 5.74) is 2.71. The molecule has 2 amide bonds. The second kappa shape index (κ2) is 6.80. The molecule has 2 aliphatic heterocycles. The molecule has 2 saturated heterocycles. The van der Waals surface area contributed by atoms with Gasteiger partial charge in [-0.1, -0.05) is 30.3 Å². The van der Waals surface area contributed by atoms with E-state index in [-0.39, 0.29) is 29.5 Å². The predicted molar refractivity (Wildman–Crippen MR) is 102 cm³/mol. The number of benzene rings is 2. The SMILES string of the molecule is Cc1ccccc1N1C[C@]2(CCN(C(=O)Cc3ccc(F)cc3)C2)CC1=O. The fraction of sp³-hybridized carbons (Fsp3) is 0.364. The molecule has 0 N–H and O–H groups in total. The van der Waals surface area contributed by atoms with Crippen molar-refractivity contribution in [3.8, 4) is 0 Å². The van der Waals surface area contributed by atoms with Crippen LogP contribution in [0, 0.1) is 18.2 Å². The molecule has 2 aliphatic rings. The predicted octanol–water partition coefficient (Wildman–Crippen LogP) is 3.33. The van der Waals surface area contributed by atoms with Crippen LogP contribution in [0.5, 0.6) is 0 Å². The molecule has 1 spiro atoms. The fourth-order valence-electron chi connectivity index (χ4n) is 4.29. The Morgan fingerprint density at radius 2 is 1.85 bits per heavy atom. The van der Waals surface area contributed by atoms with Gasteiger partial charge in [-0.05, 0) is 42.7 Å². The first-order valence-corrected chi connectivity index (χ1v) is 9.34. The highest BCUT2D eigenvalue weighted by Gasteiger charge is 2.48. The topological polar surface area (TPSA) is 40.6 Å². The van der Waals surface area contributed by atoms with Gasteiger partial charge in [0.1, 0.15) is 5.82 Å². The van der Waals surface area contributed by atoms with Crippen molar-refractivity contribution in [1.29, 1.82) is 0 Å². The van der Waals surface area contributed by atoms with Crippen molar-refractivity contribution in [2.75, 3.05) is 24.5 Å². The second-order valence-electron chi connectivity index (χ2n) is 7.81. The van der Waals surface area contributed by atoms with E-state index >= 15 is 0 Å². The van der Waals surface area contributed by atoms with Crippen molar-refractivity contribution in [3.05, 3.63) is 65.5 Å². The van der Waals surface area contributed by atoms with Gasteiger partial charge < -0.3 is 9.80 Å². The van der Waals surface area contributed by atoms with Gasteiger partial charge in [-0.2, -0.15) is 0 Å². The zero-order valence-corrected chi connectivity index (χ0v) is 15.5. The molecule has 2 aromatic carbocycles. The number of amides is 2. The number of hydrogen-bond donors (Lipinski definition) is 0. The van der Waals surface area contributed by atoms with Crippen molar-refractivity contribution >= 4 is 17.5 Å². The Balaban J connectivity index is 1.44. The molecule has 4 rings (SSSR count). The molecule has 2 fully saturated rings. The Kier molecular flexibility index (Phi) is 4.46. The van der Waals surface area contributed by atoms with E-state index in [9.17, 15) is 14.0 Å². The van der Waals surface area contributed by atoms with Gasteiger partial charge in [0.25, 0.3) is 0 Å². The Morgan fingerprint density at radius 3 is 2.59 bits per heavy atom. The largest absolute Gasteiger partial charge is 0.342 e. The first kappa shape index (κ1) is 17.7. The highest BCUT2D eigenvalue weighted by atomic mass is 19.1. The maximum absolute atomic E-state index is 13.0. The van der Waals surface area contributed by atoms with Gasteiger partial charge in [0.15, 0.2) is 0 Å². The third-order valence-corrected chi connectivity index (χ3v) is 5.79. The number of hydrogen-bond acceptors (Lipinski definition) is 2. The lowest BCUT2D eigenvalue weighted by Gasteiger charge is -2.25. The third-order valence-electron chi connectivity index (χ3n) is 5.79. The highest BCUT2D eigenvalue weighted by Crippen LogP contribution is 2.42. The van der Waals surface area contributed by atoms with E-state index < -0.39 is 0 Å². The molecule has 2 aromatic rings. The molecule has 1 atom stereocenters. The van der Waals surface area contributed by atoms with Crippen LogP contribution in [0.4, 0.5) is 10.1 Å². The van der Waals surface area contributed by atoms with E-state index in [1.807, 2.05) is 41.0 Å². The molecule has 2 heterocycles. The molecule has 140 valence electrons. The minimum absolute atomic E-state index is 0.0419. The Morgan fingerprint density at radius 1 is 1.11 bits per heavy atom. The van der Waals surface area contributed by atoms with Crippen LogP contribution in [0.2, 0.25) is 0 Å². The molecule has 0 aliphatic carbocycles. The summed E-state index contributed by atoms with van der Waals surface area (Å²) >= 11 is 0. The number of anilines is 1. The summed E-state index contributed by atoms with van der Waals surface area (Å²) in [6.07, 6.45) is 1.60. The molecular formula is C22H23FN2O2. The molecule has 0 radical (unpaired) electrons. The summed E-state index contributed by atoms with van der Waals surface area (Å²) in [5, 5.41) is 0. The van der Waals surface area contributed by atoms with Gasteiger partial charge in [-0.25, -0.2) is 4.39 Å². The van der Waals surface area contributed by atoms with E-state index in [2.05, 4.69) is 0 Å². The van der Waals surface area contributed by atoms with Crippen LogP contribution in [0.3, 0.4) is 0 Å². The van der Waals surface area contributed by atoms with Gasteiger partial charge in [0.05, 0.1) is 6.42 Å². The van der Waals surface area contributed by atoms with Crippen molar-refractivity contribution in [2.45, 2.75) is 26.2 Å². The Hall–Kier alpha value is -2.69. The van der Waals surface area contributed by atoms with Crippen molar-refractivity contribution < 1.29 is 14.0 Å². The summed E-state index contributed by atoms with van der Waals surface area (Å²) in [6.45, 7) is 3.97. The monoisotopic (exact) mass is 366 g/mol. The summed E-state index contributed by atoms with van der Waals surface area (Å²) in [7, 11) is 0. The van der Waals surface area contributed by atoms with E-state index in [0.717, 1.165) is 23.2 Å². The molecular weight excluding hydrogens is 343 g/mol. The third kappa shape index (κ3) is 3.46. The normalized spacial score (nSPS) is 22.1. The number of nitrogens with zero attached hydrogens (tertiary/aromatic N) is 2. The van der Waals surface area contributed by atoms with Crippen LogP contribution in [-0.4, -0.2) is 36.3 Å². The Bertz CT molecular complexity index is 880. The van der Waals surface area contributed by atoms with Crippen LogP contribution >= 0.6 is 0 Å². The number of para-hydroxylation sites is 1. The van der Waals surface area contributed by atoms with Crippen LogP contribution in [0.1, 0.15) is 24.0 Å². The lowest BCUT2D eigenvalue weighted by atomic mass is 9.86. The fourth-order valence-corrected chi connectivity index (χ4v) is 4.29. The van der Waals surface area contributed by atoms with E-state index in [1.165, 1.54) is 12.1 Å². The number of rotatable bonds is 3. The van der Waals surface area contributed by atoms with Crippen LogP contribution < -0.4 is 4.90 Å². The zero-order chi connectivity index (χ0) is 19.0. The molecule has 5 heteroatoms. The highest BCUT2D eigenvalue weighted by molar-refractivity contribution is 5.97. The van der Waals surface area contributed by atoms with Crippen LogP contribution in [0.25, 0.3) is 0 Å². The van der Waals surface area contributed by atoms with Crippen molar-refractivity contribution in [1.82, 2.24) is 4.90 Å². The molecule has 4 nitrogen and oxygen atoms in total. The van der Waals surface area contributed by atoms with Crippen molar-refractivity contribution in [3.63, 3.8) is 0 Å². The molecule has 0 unspecified atom stereocenters. The lowest BCUT2D eigenvalue weighted by Crippen LogP contribution is -2.35. The first-order valence-electron chi connectivity index (χ1n) is 9.34. The minimum Gasteiger partial charge on any atom is -0.342 e. The average Bonchev–Trinajstić information content (AvgIpc) is 3.20. The van der Waals surface area contributed by atoms with E-state index in [0.29, 0.717) is 26.1 Å². The van der Waals surface area contributed by atoms with E-state index in [4.69, 9.17) is 0 Å². The molecule has 0 bridgehead atoms. The quantitative estimate of drug-likeness (QED) is 0.836. The Labute approximate surface area is 158 Å². The summed E-state index contributed by atoms with van der Waals surface area (Å²) < 4.78 is 13.0. The first-order chi connectivity index (χ1) is 13.0. The zero-order valence-electron chi connectivity index (χ0n) is 15.5. The maximum Gasteiger partial charge on any atom is 0.227 e. The van der Waals surface area contributed by atoms with Gasteiger partial charge in [-0.15, -0.1) is 0 Å². The van der Waals surface area contributed by atoms with Crippen LogP contribution in [0.15, 0.2) is 48.5 Å². The lowest BCUT2D eigenvalue weighted by molar-refractivity contribution is -0.130. The summed E-state index contributed by atoms with van der Waals surface area (Å²) in [4.78, 5) is 29.1. The molecule has 0 aromatic heterocycles. The smallest absolute Gasteiger partial charge is 0.227 e. The maximum atomic E-state index is 13.0. The number of carbonyl (C=O) groups is 2. The molecule has 0 saturated carbocycles. The van der Waals surface area contributed by atoms with Gasteiger partial charge in [0.2, 0.25) is 11.8 Å². The van der Waals surface area contributed by atoms with Gasteiger partial charge in [0, 0.05) is 37.2 Å². The van der Waals surface area contributed by atoms with Crippen molar-refractivity contribution in [2.24, 2.45) is 5.41 Å². The number of carbonyl (C=O) groups excluding carboxylic acids is 2. The summed E-state index contributed by atoms with van der Waals surface area (Å²) in [6, 6.07) is 14.0. The number of aryl methyl sites for hydroxylation is 1. The van der Waals surface area contributed by atoms with E-state index in [1.54, 1.807) is 12.1 Å². The number of halogens is 1. The minimum atomic E-state index is -0.299. The average molecular weight is 366 g/mol. The van der Waals surface area contributed by atoms with Gasteiger partial charge in [-0.3, -0.25) is 9.59 Å². The van der Waals surface area contributed by atoms with Gasteiger partial charge >= 0.3 is 0 Å². The number of likely N-dealkylation sites (tertiary alicyclic amines) is 1. The van der Waals surface area contributed by atoms with Crippen LogP contribution in [-0.2, 0) is 16.0 Å².